The predicted molar refractivity (Wildman–Crippen MR) is 80.5 cm³/mol. The van der Waals surface area contributed by atoms with Gasteiger partial charge in [0.15, 0.2) is 0 Å². The molecule has 0 aromatic heterocycles. The highest BCUT2D eigenvalue weighted by molar-refractivity contribution is 6.32. The molecule has 0 radical (unpaired) electrons. The quantitative estimate of drug-likeness (QED) is 0.909. The van der Waals surface area contributed by atoms with Gasteiger partial charge in [-0.2, -0.15) is 0 Å². The zero-order valence-electron chi connectivity index (χ0n) is 11.7. The molecule has 4 nitrogen and oxygen atoms in total. The molecular weight excluding hydrogens is 292 g/mol. The largest absolute Gasteiger partial charge is 0.496 e. The van der Waals surface area contributed by atoms with E-state index in [1.165, 1.54) is 13.2 Å². The van der Waals surface area contributed by atoms with Gasteiger partial charge in [0.05, 0.1) is 12.1 Å². The van der Waals surface area contributed by atoms with Gasteiger partial charge in [0, 0.05) is 0 Å². The molecule has 0 heterocycles. The molecule has 5 heteroatoms. The van der Waals surface area contributed by atoms with Gasteiger partial charge >= 0.3 is 5.97 Å². The fraction of sp³-hybridized carbons (Fsp3) is 0.188. The maximum atomic E-state index is 11.2. The Balaban J connectivity index is 2.18. The Hall–Kier alpha value is -2.20. The van der Waals surface area contributed by atoms with Crippen LogP contribution >= 0.6 is 11.6 Å². The standard InChI is InChI=1S/C16H15ClO4/c1-10-3-5-13(17)15(7-10)21-9-11-4-6-14(20-2)12(8-11)16(18)19/h3-8H,9H2,1-2H3,(H,18,19). The third-order valence-electron chi connectivity index (χ3n) is 2.98. The van der Waals surface area contributed by atoms with Crippen LogP contribution in [0.4, 0.5) is 0 Å². The highest BCUT2D eigenvalue weighted by Crippen LogP contribution is 2.27. The number of carboxylic acids is 1. The Morgan fingerprint density at radius 2 is 1.95 bits per heavy atom. The SMILES string of the molecule is COc1ccc(COc2cc(C)ccc2Cl)cc1C(=O)O. The van der Waals surface area contributed by atoms with Crippen LogP contribution in [0.3, 0.4) is 0 Å². The third-order valence-corrected chi connectivity index (χ3v) is 3.29. The van der Waals surface area contributed by atoms with E-state index in [9.17, 15) is 4.79 Å². The van der Waals surface area contributed by atoms with E-state index in [1.807, 2.05) is 19.1 Å². The molecule has 0 unspecified atom stereocenters. The number of aryl methyl sites for hydroxylation is 1. The highest BCUT2D eigenvalue weighted by atomic mass is 35.5. The Morgan fingerprint density at radius 1 is 1.19 bits per heavy atom. The van der Waals surface area contributed by atoms with Gasteiger partial charge in [0.1, 0.15) is 23.7 Å². The molecule has 0 aliphatic heterocycles. The van der Waals surface area contributed by atoms with Crippen LogP contribution in [0.25, 0.3) is 0 Å². The number of hydrogen-bond donors (Lipinski definition) is 1. The minimum atomic E-state index is -1.04. The van der Waals surface area contributed by atoms with Crippen LogP contribution in [0, 0.1) is 6.92 Å². The Labute approximate surface area is 127 Å². The maximum absolute atomic E-state index is 11.2. The molecule has 0 aliphatic carbocycles. The number of carboxylic acid groups (broad SMARTS) is 1. The summed E-state index contributed by atoms with van der Waals surface area (Å²) in [5, 5.41) is 9.67. The van der Waals surface area contributed by atoms with Crippen molar-refractivity contribution in [2.24, 2.45) is 0 Å². The monoisotopic (exact) mass is 306 g/mol. The lowest BCUT2D eigenvalue weighted by Crippen LogP contribution is -2.03. The van der Waals surface area contributed by atoms with E-state index in [4.69, 9.17) is 26.2 Å². The minimum absolute atomic E-state index is 0.105. The second-order valence-corrected chi connectivity index (χ2v) is 4.97. The summed E-state index contributed by atoms with van der Waals surface area (Å²) in [4.78, 5) is 11.2. The van der Waals surface area contributed by atoms with Crippen molar-refractivity contribution in [1.29, 1.82) is 0 Å². The van der Waals surface area contributed by atoms with Crippen molar-refractivity contribution in [1.82, 2.24) is 0 Å². The van der Waals surface area contributed by atoms with E-state index in [0.29, 0.717) is 16.5 Å². The lowest BCUT2D eigenvalue weighted by atomic mass is 10.1. The average Bonchev–Trinajstić information content (AvgIpc) is 2.47. The van der Waals surface area contributed by atoms with Crippen molar-refractivity contribution >= 4 is 17.6 Å². The summed E-state index contributed by atoms with van der Waals surface area (Å²) < 4.78 is 10.7. The fourth-order valence-corrected chi connectivity index (χ4v) is 2.07. The van der Waals surface area contributed by atoms with E-state index >= 15 is 0 Å². The van der Waals surface area contributed by atoms with Gasteiger partial charge in [-0.1, -0.05) is 23.7 Å². The van der Waals surface area contributed by atoms with Gasteiger partial charge in [-0.25, -0.2) is 4.79 Å². The summed E-state index contributed by atoms with van der Waals surface area (Å²) in [6.07, 6.45) is 0. The topological polar surface area (TPSA) is 55.8 Å². The van der Waals surface area contributed by atoms with Crippen molar-refractivity contribution in [3.8, 4) is 11.5 Å². The summed E-state index contributed by atoms with van der Waals surface area (Å²) in [6.45, 7) is 2.17. The number of rotatable bonds is 5. The first-order valence-electron chi connectivity index (χ1n) is 6.30. The van der Waals surface area contributed by atoms with Crippen LogP contribution in [0.5, 0.6) is 11.5 Å². The molecule has 2 rings (SSSR count). The molecule has 2 aromatic carbocycles. The molecule has 0 saturated carbocycles. The number of hydrogen-bond acceptors (Lipinski definition) is 3. The lowest BCUT2D eigenvalue weighted by molar-refractivity contribution is 0.0693. The molecule has 0 fully saturated rings. The summed E-state index contributed by atoms with van der Waals surface area (Å²) >= 11 is 6.05. The number of benzene rings is 2. The number of aromatic carboxylic acids is 1. The van der Waals surface area contributed by atoms with Crippen LogP contribution < -0.4 is 9.47 Å². The Bertz CT molecular complexity index is 667. The second-order valence-electron chi connectivity index (χ2n) is 4.56. The van der Waals surface area contributed by atoms with Crippen LogP contribution in [0.2, 0.25) is 5.02 Å². The van der Waals surface area contributed by atoms with Gasteiger partial charge in [0.2, 0.25) is 0 Å². The van der Waals surface area contributed by atoms with Crippen molar-refractivity contribution in [2.45, 2.75) is 13.5 Å². The molecule has 0 amide bonds. The summed E-state index contributed by atoms with van der Waals surface area (Å²) in [6, 6.07) is 10.4. The van der Waals surface area contributed by atoms with Crippen LogP contribution in [-0.4, -0.2) is 18.2 Å². The molecule has 0 spiro atoms. The molecular formula is C16H15ClO4. The summed E-state index contributed by atoms with van der Waals surface area (Å²) in [7, 11) is 1.43. The molecule has 0 atom stereocenters. The van der Waals surface area contributed by atoms with Crippen LogP contribution in [0.1, 0.15) is 21.5 Å². The van der Waals surface area contributed by atoms with Crippen LogP contribution in [-0.2, 0) is 6.61 Å². The number of methoxy groups -OCH3 is 1. The normalized spacial score (nSPS) is 10.2. The smallest absolute Gasteiger partial charge is 0.339 e. The Morgan fingerprint density at radius 3 is 2.62 bits per heavy atom. The molecule has 2 aromatic rings. The van der Waals surface area contributed by atoms with E-state index in [2.05, 4.69) is 0 Å². The van der Waals surface area contributed by atoms with E-state index < -0.39 is 5.97 Å². The van der Waals surface area contributed by atoms with Gasteiger partial charge in [-0.3, -0.25) is 0 Å². The Kier molecular flexibility index (Phi) is 4.70. The first-order chi connectivity index (χ1) is 10.0. The molecule has 0 bridgehead atoms. The first-order valence-corrected chi connectivity index (χ1v) is 6.68. The van der Waals surface area contributed by atoms with Gasteiger partial charge < -0.3 is 14.6 Å². The molecule has 21 heavy (non-hydrogen) atoms. The molecule has 0 aliphatic rings. The molecule has 0 saturated heterocycles. The maximum Gasteiger partial charge on any atom is 0.339 e. The minimum Gasteiger partial charge on any atom is -0.496 e. The predicted octanol–water partition coefficient (Wildman–Crippen LogP) is 3.93. The summed E-state index contributed by atoms with van der Waals surface area (Å²) in [5.41, 5.74) is 1.87. The van der Waals surface area contributed by atoms with E-state index in [0.717, 1.165) is 11.1 Å². The highest BCUT2D eigenvalue weighted by Gasteiger charge is 2.12. The van der Waals surface area contributed by atoms with Crippen molar-refractivity contribution in [2.75, 3.05) is 7.11 Å². The number of carbonyl (C=O) groups is 1. The van der Waals surface area contributed by atoms with E-state index in [-0.39, 0.29) is 12.2 Å². The lowest BCUT2D eigenvalue weighted by Gasteiger charge is -2.11. The number of ether oxygens (including phenoxy) is 2. The molecule has 110 valence electrons. The van der Waals surface area contributed by atoms with Crippen molar-refractivity contribution < 1.29 is 19.4 Å². The third kappa shape index (κ3) is 3.67. The fourth-order valence-electron chi connectivity index (χ4n) is 1.89. The van der Waals surface area contributed by atoms with Crippen molar-refractivity contribution in [3.63, 3.8) is 0 Å². The van der Waals surface area contributed by atoms with Gasteiger partial charge in [-0.05, 0) is 42.3 Å². The van der Waals surface area contributed by atoms with Crippen molar-refractivity contribution in [3.05, 3.63) is 58.1 Å². The van der Waals surface area contributed by atoms with Gasteiger partial charge in [-0.15, -0.1) is 0 Å². The number of halogens is 1. The second kappa shape index (κ2) is 6.50. The zero-order valence-corrected chi connectivity index (χ0v) is 12.5. The van der Waals surface area contributed by atoms with Gasteiger partial charge in [0.25, 0.3) is 0 Å². The average molecular weight is 307 g/mol. The van der Waals surface area contributed by atoms with E-state index in [1.54, 1.807) is 18.2 Å². The summed E-state index contributed by atoms with van der Waals surface area (Å²) in [5.74, 6) is -0.147. The first kappa shape index (κ1) is 15.2. The van der Waals surface area contributed by atoms with Crippen LogP contribution in [0.15, 0.2) is 36.4 Å². The zero-order chi connectivity index (χ0) is 15.4. The molecule has 1 N–H and O–H groups in total.